The van der Waals surface area contributed by atoms with Gasteiger partial charge in [-0.2, -0.15) is 8.78 Å². The van der Waals surface area contributed by atoms with Gasteiger partial charge >= 0.3 is 11.2 Å². The number of esters is 1. The van der Waals surface area contributed by atoms with Gasteiger partial charge in [-0.1, -0.05) is 41.5 Å². The number of carbonyl (C=O) groups excluding carboxylic acids is 1. The van der Waals surface area contributed by atoms with Crippen LogP contribution in [0.1, 0.15) is 63.0 Å². The molecule has 1 aromatic rings. The molecule has 26 heavy (non-hydrogen) atoms. The topological polar surface area (TPSA) is 104 Å². The molecule has 1 aromatic carbocycles. The molecule has 0 bridgehead atoms. The average Bonchev–Trinajstić information content (AvgIpc) is 2.41. The third-order valence-corrected chi connectivity index (χ3v) is 4.55. The molecule has 0 aliphatic rings. The molecule has 1 rings (SSSR count). The van der Waals surface area contributed by atoms with Crippen LogP contribution < -0.4 is 0 Å². The second kappa shape index (κ2) is 6.77. The van der Waals surface area contributed by atoms with Gasteiger partial charge in [0.15, 0.2) is 16.7 Å². The predicted molar refractivity (Wildman–Crippen MR) is 90.4 cm³/mol. The van der Waals surface area contributed by atoms with Gasteiger partial charge in [0.1, 0.15) is 5.75 Å². The molecule has 0 radical (unpaired) electrons. The number of phenolic OH excluding ortho intramolecular Hbond substituents is 1. The highest BCUT2D eigenvalue weighted by Gasteiger charge is 2.39. The fourth-order valence-corrected chi connectivity index (χ4v) is 2.40. The number of halogens is 2. The number of phenols is 1. The van der Waals surface area contributed by atoms with Crippen LogP contribution in [0.15, 0.2) is 12.1 Å². The Hall–Kier alpha value is -1.74. The van der Waals surface area contributed by atoms with Gasteiger partial charge in [-0.15, -0.1) is 0 Å². The molecule has 148 valence electrons. The van der Waals surface area contributed by atoms with Gasteiger partial charge in [0, 0.05) is 11.1 Å². The summed E-state index contributed by atoms with van der Waals surface area (Å²) in [6.45, 7) is 8.88. The van der Waals surface area contributed by atoms with Crippen LogP contribution in [-0.4, -0.2) is 35.9 Å². The smallest absolute Gasteiger partial charge is 0.367 e. The molecule has 0 heterocycles. The lowest BCUT2D eigenvalue weighted by Gasteiger charge is -2.28. The van der Waals surface area contributed by atoms with Crippen LogP contribution in [0.5, 0.6) is 5.75 Å². The summed E-state index contributed by atoms with van der Waals surface area (Å²) in [4.78, 5) is 12.2. The first-order chi connectivity index (χ1) is 11.4. The van der Waals surface area contributed by atoms with Crippen LogP contribution in [0, 0.1) is 0 Å². The molecule has 1 N–H and O–H groups in total. The van der Waals surface area contributed by atoms with Crippen molar-refractivity contribution in [3.8, 4) is 5.75 Å². The second-order valence-corrected chi connectivity index (χ2v) is 9.59. The molecule has 0 amide bonds. The number of hydrogen-bond acceptors (Lipinski definition) is 6. The fourth-order valence-electron chi connectivity index (χ4n) is 2.20. The van der Waals surface area contributed by atoms with E-state index in [0.717, 1.165) is 0 Å². The van der Waals surface area contributed by atoms with Gasteiger partial charge in [-0.25, -0.2) is 13.2 Å². The molecule has 9 heteroatoms. The molecule has 0 aromatic heterocycles. The Kier molecular flexibility index (Phi) is 5.81. The van der Waals surface area contributed by atoms with Crippen molar-refractivity contribution in [2.24, 2.45) is 0 Å². The maximum Gasteiger partial charge on any atom is 0.367 e. The number of rotatable bonds is 4. The van der Waals surface area contributed by atoms with Crippen LogP contribution >= 0.6 is 0 Å². The normalized spacial score (nSPS) is 13.6. The summed E-state index contributed by atoms with van der Waals surface area (Å²) < 4.78 is 62.2. The number of benzene rings is 1. The quantitative estimate of drug-likeness (QED) is 0.622. The lowest BCUT2D eigenvalue weighted by atomic mass is 9.78. The van der Waals surface area contributed by atoms with Crippen molar-refractivity contribution in [2.45, 2.75) is 57.6 Å². The summed E-state index contributed by atoms with van der Waals surface area (Å²) in [7, 11) is -5.95. The number of alkyl halides is 2. The molecule has 0 aliphatic carbocycles. The first-order valence-corrected chi connectivity index (χ1v) is 9.17. The third-order valence-electron chi connectivity index (χ3n) is 3.70. The number of carbonyl (C=O) groups is 1. The van der Waals surface area contributed by atoms with Gasteiger partial charge in [-0.05, 0) is 23.0 Å². The van der Waals surface area contributed by atoms with E-state index in [4.69, 9.17) is 0 Å². The van der Waals surface area contributed by atoms with E-state index >= 15 is 0 Å². The number of ether oxygens (including phenoxy) is 1. The summed E-state index contributed by atoms with van der Waals surface area (Å²) in [5, 5.41) is 5.82. The SMILES string of the molecule is CC(C)(C)c1cc(C(=O)OCC(F)(F)S(=O)(=O)[O-])cc(C(C)(C)C)c1O. The summed E-state index contributed by atoms with van der Waals surface area (Å²) >= 11 is 0. The molecule has 6 nitrogen and oxygen atoms in total. The molecular weight excluding hydrogens is 370 g/mol. The van der Waals surface area contributed by atoms with Gasteiger partial charge in [0.05, 0.1) is 5.56 Å². The van der Waals surface area contributed by atoms with E-state index in [-0.39, 0.29) is 11.3 Å². The van der Waals surface area contributed by atoms with Crippen molar-refractivity contribution in [2.75, 3.05) is 6.61 Å². The van der Waals surface area contributed by atoms with E-state index in [9.17, 15) is 31.7 Å². The van der Waals surface area contributed by atoms with Gasteiger partial charge in [0.25, 0.3) is 0 Å². The summed E-state index contributed by atoms with van der Waals surface area (Å²) in [5.74, 6) is -1.24. The predicted octanol–water partition coefficient (Wildman–Crippen LogP) is 3.28. The van der Waals surface area contributed by atoms with E-state index in [1.54, 1.807) is 41.5 Å². The Morgan fingerprint density at radius 1 is 1.08 bits per heavy atom. The highest BCUT2D eigenvalue weighted by molar-refractivity contribution is 7.86. The molecule has 0 saturated carbocycles. The van der Waals surface area contributed by atoms with Crippen LogP contribution in [0.2, 0.25) is 0 Å². The fraction of sp³-hybridized carbons (Fsp3) is 0.588. The zero-order valence-electron chi connectivity index (χ0n) is 15.5. The Bertz CT molecular complexity index is 767. The van der Waals surface area contributed by atoms with Crippen LogP contribution in [0.25, 0.3) is 0 Å². The maximum absolute atomic E-state index is 13.2. The van der Waals surface area contributed by atoms with Crippen molar-refractivity contribution < 1.29 is 36.4 Å². The minimum absolute atomic E-state index is 0.0194. The van der Waals surface area contributed by atoms with Crippen molar-refractivity contribution in [1.29, 1.82) is 0 Å². The van der Waals surface area contributed by atoms with E-state index in [1.165, 1.54) is 12.1 Å². The molecule has 0 spiro atoms. The Labute approximate surface area is 151 Å². The Morgan fingerprint density at radius 3 is 1.77 bits per heavy atom. The highest BCUT2D eigenvalue weighted by Crippen LogP contribution is 2.40. The largest absolute Gasteiger partial charge is 0.743 e. The molecule has 0 atom stereocenters. The van der Waals surface area contributed by atoms with Crippen LogP contribution in [-0.2, 0) is 25.7 Å². The van der Waals surface area contributed by atoms with E-state index in [1.807, 2.05) is 0 Å². The minimum Gasteiger partial charge on any atom is -0.743 e. The van der Waals surface area contributed by atoms with Crippen molar-refractivity contribution in [3.05, 3.63) is 28.8 Å². The molecule has 0 aliphatic heterocycles. The van der Waals surface area contributed by atoms with Crippen molar-refractivity contribution in [3.63, 3.8) is 0 Å². The number of hydrogen-bond donors (Lipinski definition) is 1. The molecular formula is C17H23F2O6S-. The van der Waals surface area contributed by atoms with Crippen molar-refractivity contribution >= 4 is 16.1 Å². The molecule has 0 saturated heterocycles. The Morgan fingerprint density at radius 2 is 1.46 bits per heavy atom. The first-order valence-electron chi connectivity index (χ1n) is 7.76. The molecule has 0 unspecified atom stereocenters. The van der Waals surface area contributed by atoms with Crippen LogP contribution in [0.4, 0.5) is 8.78 Å². The average molecular weight is 393 g/mol. The lowest BCUT2D eigenvalue weighted by molar-refractivity contribution is -0.00999. The second-order valence-electron chi connectivity index (χ2n) is 8.09. The number of aromatic hydroxyl groups is 1. The van der Waals surface area contributed by atoms with Crippen molar-refractivity contribution in [1.82, 2.24) is 0 Å². The zero-order chi connectivity index (χ0) is 20.7. The maximum atomic E-state index is 13.2. The lowest BCUT2D eigenvalue weighted by Crippen LogP contribution is -2.34. The minimum atomic E-state index is -5.95. The van der Waals surface area contributed by atoms with Crippen LogP contribution in [0.3, 0.4) is 0 Å². The monoisotopic (exact) mass is 393 g/mol. The van der Waals surface area contributed by atoms with Gasteiger partial charge < -0.3 is 14.4 Å². The summed E-state index contributed by atoms with van der Waals surface area (Å²) in [6.07, 6.45) is 0. The first kappa shape index (κ1) is 22.3. The third kappa shape index (κ3) is 4.91. The van der Waals surface area contributed by atoms with E-state index in [2.05, 4.69) is 4.74 Å². The van der Waals surface area contributed by atoms with Gasteiger partial charge in [-0.3, -0.25) is 0 Å². The molecule has 0 fully saturated rings. The summed E-state index contributed by atoms with van der Waals surface area (Å²) in [6, 6.07) is 2.60. The van der Waals surface area contributed by atoms with E-state index in [0.29, 0.717) is 11.1 Å². The Balaban J connectivity index is 3.34. The standard InChI is InChI=1S/C17H24F2O6S/c1-15(2,3)11-7-10(8-12(13(11)20)16(4,5)6)14(21)25-9-17(18,19)26(22,23)24/h7-8,20H,9H2,1-6H3,(H,22,23,24)/p-1. The summed E-state index contributed by atoms with van der Waals surface area (Å²) in [5.41, 5.74) is -0.456. The zero-order valence-corrected chi connectivity index (χ0v) is 16.3. The highest BCUT2D eigenvalue weighted by atomic mass is 32.2. The van der Waals surface area contributed by atoms with E-state index < -0.39 is 38.8 Å². The van der Waals surface area contributed by atoms with Gasteiger partial charge in [0.2, 0.25) is 0 Å².